The molecule has 0 fully saturated rings. The van der Waals surface area contributed by atoms with Crippen molar-refractivity contribution in [1.82, 2.24) is 0 Å². The zero-order valence-corrected chi connectivity index (χ0v) is 19.3. The Hall–Kier alpha value is -4.02. The van der Waals surface area contributed by atoms with Crippen LogP contribution in [-0.4, -0.2) is 32.0 Å². The van der Waals surface area contributed by atoms with Crippen molar-refractivity contribution in [2.45, 2.75) is 13.8 Å². The molecule has 0 saturated heterocycles. The van der Waals surface area contributed by atoms with Crippen LogP contribution < -0.4 is 0 Å². The summed E-state index contributed by atoms with van der Waals surface area (Å²) < 4.78 is 0. The van der Waals surface area contributed by atoms with Crippen LogP contribution in [0.3, 0.4) is 0 Å². The molecule has 0 unspecified atom stereocenters. The van der Waals surface area contributed by atoms with E-state index in [1.54, 1.807) is 0 Å². The molecule has 0 aliphatic heterocycles. The van der Waals surface area contributed by atoms with Crippen molar-refractivity contribution in [3.8, 4) is 0 Å². The maximum atomic E-state index is 10.4. The zero-order valence-electron chi connectivity index (χ0n) is 17.8. The lowest BCUT2D eigenvalue weighted by Gasteiger charge is -1.97. The van der Waals surface area contributed by atoms with Crippen LogP contribution in [0.5, 0.6) is 0 Å². The second-order valence-corrected chi connectivity index (χ2v) is 7.42. The van der Waals surface area contributed by atoms with Gasteiger partial charge >= 0.3 is 11.9 Å². The van der Waals surface area contributed by atoms with Gasteiger partial charge in [0.05, 0.1) is 31.0 Å². The molecule has 0 aromatic heterocycles. The van der Waals surface area contributed by atoms with Crippen molar-refractivity contribution >= 4 is 46.5 Å². The van der Waals surface area contributed by atoms with Gasteiger partial charge in [0.2, 0.25) is 0 Å². The Labute approximate surface area is 203 Å². The molecule has 0 heterocycles. The number of non-ortho nitro benzene ring substituents is 2. The summed E-state index contributed by atoms with van der Waals surface area (Å²) in [6.07, 6.45) is 0. The first-order valence-corrected chi connectivity index (χ1v) is 9.96. The summed E-state index contributed by atoms with van der Waals surface area (Å²) in [7, 11) is 0. The van der Waals surface area contributed by atoms with E-state index in [1.165, 1.54) is 11.1 Å². The molecule has 0 atom stereocenters. The first kappa shape index (κ1) is 28.0. The van der Waals surface area contributed by atoms with Crippen LogP contribution >= 0.6 is 23.2 Å². The number of rotatable bonds is 4. The Morgan fingerprint density at radius 1 is 0.676 bits per heavy atom. The molecule has 12 heteroatoms. The fourth-order valence-corrected chi connectivity index (χ4v) is 2.73. The lowest BCUT2D eigenvalue weighted by Crippen LogP contribution is -1.98. The van der Waals surface area contributed by atoms with E-state index >= 15 is 0 Å². The molecule has 0 aliphatic carbocycles. The van der Waals surface area contributed by atoms with Crippen LogP contribution in [0.4, 0.5) is 11.4 Å². The molecule has 3 aromatic rings. The second-order valence-electron chi connectivity index (χ2n) is 6.61. The fourth-order valence-electron chi connectivity index (χ4n) is 2.22. The quantitative estimate of drug-likeness (QED) is 0.311. The SMILES string of the molecule is Cc1ccc(C)cc1.O=C(O)c1ccc([N+](=O)[O-])cc1Cl.O=C(O)c1ccc([N+](=O)[O-])cc1Cl. The minimum absolute atomic E-state index is 0.137. The maximum Gasteiger partial charge on any atom is 0.337 e. The van der Waals surface area contributed by atoms with Crippen molar-refractivity contribution in [2.24, 2.45) is 0 Å². The van der Waals surface area contributed by atoms with E-state index in [-0.39, 0.29) is 32.5 Å². The van der Waals surface area contributed by atoms with Gasteiger partial charge in [-0.05, 0) is 26.0 Å². The van der Waals surface area contributed by atoms with E-state index in [0.29, 0.717) is 0 Å². The van der Waals surface area contributed by atoms with Gasteiger partial charge in [-0.15, -0.1) is 0 Å². The molecule has 0 amide bonds. The van der Waals surface area contributed by atoms with Crippen molar-refractivity contribution < 1.29 is 29.6 Å². The smallest absolute Gasteiger partial charge is 0.337 e. The lowest BCUT2D eigenvalue weighted by molar-refractivity contribution is -0.385. The van der Waals surface area contributed by atoms with Gasteiger partial charge in [-0.2, -0.15) is 0 Å². The monoisotopic (exact) mass is 508 g/mol. The number of nitro benzene ring substituents is 2. The summed E-state index contributed by atoms with van der Waals surface area (Å²) in [5, 5.41) is 37.3. The highest BCUT2D eigenvalue weighted by Gasteiger charge is 2.14. The zero-order chi connectivity index (χ0) is 26.0. The van der Waals surface area contributed by atoms with Gasteiger partial charge in [-0.3, -0.25) is 20.2 Å². The molecule has 0 radical (unpaired) electrons. The van der Waals surface area contributed by atoms with E-state index in [1.807, 2.05) is 0 Å². The van der Waals surface area contributed by atoms with E-state index in [0.717, 1.165) is 36.4 Å². The lowest BCUT2D eigenvalue weighted by atomic mass is 10.2. The number of aromatic carboxylic acids is 2. The van der Waals surface area contributed by atoms with Crippen LogP contribution in [0, 0.1) is 34.1 Å². The average Bonchev–Trinajstić information content (AvgIpc) is 2.76. The Balaban J connectivity index is 0.000000263. The van der Waals surface area contributed by atoms with E-state index in [4.69, 9.17) is 33.4 Å². The third kappa shape index (κ3) is 8.85. The predicted molar refractivity (Wildman–Crippen MR) is 126 cm³/mol. The molecule has 2 N–H and O–H groups in total. The number of aryl methyl sites for hydroxylation is 2. The molecule has 0 saturated carbocycles. The molecule has 3 rings (SSSR count). The number of halogens is 2. The largest absolute Gasteiger partial charge is 0.478 e. The molecular formula is C22H18Cl2N2O8. The van der Waals surface area contributed by atoms with Crippen LogP contribution in [0.2, 0.25) is 10.0 Å². The second kappa shape index (κ2) is 12.9. The first-order chi connectivity index (χ1) is 15.8. The summed E-state index contributed by atoms with van der Waals surface area (Å²) in [6, 6.07) is 14.9. The minimum Gasteiger partial charge on any atom is -0.478 e. The minimum atomic E-state index is -1.21. The molecule has 0 bridgehead atoms. The topological polar surface area (TPSA) is 161 Å². The maximum absolute atomic E-state index is 10.4. The van der Waals surface area contributed by atoms with Gasteiger partial charge in [0.15, 0.2) is 0 Å². The molecular weight excluding hydrogens is 491 g/mol. The molecule has 178 valence electrons. The Morgan fingerprint density at radius 3 is 1.18 bits per heavy atom. The van der Waals surface area contributed by atoms with Gasteiger partial charge in [0.25, 0.3) is 11.4 Å². The first-order valence-electron chi connectivity index (χ1n) is 9.21. The van der Waals surface area contributed by atoms with Gasteiger partial charge in [-0.25, -0.2) is 9.59 Å². The fraction of sp³-hybridized carbons (Fsp3) is 0.0909. The number of benzene rings is 3. The van der Waals surface area contributed by atoms with Crippen molar-refractivity contribution in [3.63, 3.8) is 0 Å². The molecule has 10 nitrogen and oxygen atoms in total. The van der Waals surface area contributed by atoms with Crippen molar-refractivity contribution in [2.75, 3.05) is 0 Å². The molecule has 3 aromatic carbocycles. The Bertz CT molecular complexity index is 1120. The van der Waals surface area contributed by atoms with Crippen LogP contribution in [-0.2, 0) is 0 Å². The highest BCUT2D eigenvalue weighted by Crippen LogP contribution is 2.23. The summed E-state index contributed by atoms with van der Waals surface area (Å²) in [5.74, 6) is -2.42. The normalized spacial score (nSPS) is 9.53. The highest BCUT2D eigenvalue weighted by atomic mass is 35.5. The van der Waals surface area contributed by atoms with Crippen LogP contribution in [0.25, 0.3) is 0 Å². The van der Waals surface area contributed by atoms with Crippen molar-refractivity contribution in [1.29, 1.82) is 0 Å². The predicted octanol–water partition coefficient (Wildman–Crippen LogP) is 6.20. The van der Waals surface area contributed by atoms with Gasteiger partial charge < -0.3 is 10.2 Å². The number of carboxylic acid groups (broad SMARTS) is 2. The highest BCUT2D eigenvalue weighted by molar-refractivity contribution is 6.34. The number of carbonyl (C=O) groups is 2. The Kier molecular flexibility index (Phi) is 10.6. The van der Waals surface area contributed by atoms with Crippen LogP contribution in [0.15, 0.2) is 60.7 Å². The summed E-state index contributed by atoms with van der Waals surface area (Å²) in [5.41, 5.74) is 1.91. The number of nitro groups is 2. The van der Waals surface area contributed by atoms with Gasteiger partial charge in [0.1, 0.15) is 0 Å². The van der Waals surface area contributed by atoms with Gasteiger partial charge in [-0.1, -0.05) is 58.6 Å². The molecule has 0 spiro atoms. The van der Waals surface area contributed by atoms with E-state index in [2.05, 4.69) is 38.1 Å². The Morgan fingerprint density at radius 2 is 0.971 bits per heavy atom. The number of hydrogen-bond donors (Lipinski definition) is 2. The van der Waals surface area contributed by atoms with E-state index in [9.17, 15) is 29.8 Å². The summed E-state index contributed by atoms with van der Waals surface area (Å²) >= 11 is 11.0. The average molecular weight is 509 g/mol. The standard InChI is InChI=1S/C8H10.2C7H4ClNO4/c1-7-3-5-8(2)6-4-7;2*8-6-3-4(9(12)13)1-2-5(6)7(10)11/h3-6H,1-2H3;2*1-3H,(H,10,11). The third-order valence-corrected chi connectivity index (χ3v) is 4.63. The van der Waals surface area contributed by atoms with Crippen molar-refractivity contribution in [3.05, 3.63) is 113 Å². The molecule has 34 heavy (non-hydrogen) atoms. The third-order valence-electron chi connectivity index (χ3n) is 4.01. The van der Waals surface area contributed by atoms with Gasteiger partial charge in [0, 0.05) is 24.3 Å². The van der Waals surface area contributed by atoms with E-state index < -0.39 is 21.8 Å². The van der Waals surface area contributed by atoms with Crippen LogP contribution in [0.1, 0.15) is 31.8 Å². The number of hydrogen-bond acceptors (Lipinski definition) is 6. The number of carboxylic acids is 2. The summed E-state index contributed by atoms with van der Waals surface area (Å²) in [6.45, 7) is 4.19. The summed E-state index contributed by atoms with van der Waals surface area (Å²) in [4.78, 5) is 40.1. The number of nitrogens with zero attached hydrogens (tertiary/aromatic N) is 2. The molecule has 0 aliphatic rings.